The van der Waals surface area contributed by atoms with Crippen LogP contribution < -0.4 is 5.73 Å². The minimum absolute atomic E-state index is 0.0540. The summed E-state index contributed by atoms with van der Waals surface area (Å²) in [4.78, 5) is 27.9. The fourth-order valence-electron chi connectivity index (χ4n) is 3.44. The third-order valence-corrected chi connectivity index (χ3v) is 4.92. The Balaban J connectivity index is 1.44. The number of allylic oxidation sites excluding steroid dienone is 4. The van der Waals surface area contributed by atoms with Gasteiger partial charge in [-0.2, -0.15) is 0 Å². The first-order valence-corrected chi connectivity index (χ1v) is 8.87. The number of amides is 1. The number of pyridine rings is 1. The van der Waals surface area contributed by atoms with Crippen molar-refractivity contribution in [1.82, 2.24) is 19.9 Å². The van der Waals surface area contributed by atoms with Crippen LogP contribution in [0.2, 0.25) is 0 Å². The number of hydrogen-bond donors (Lipinski definition) is 1. The van der Waals surface area contributed by atoms with Crippen molar-refractivity contribution in [3.8, 4) is 0 Å². The minimum Gasteiger partial charge on any atom is -0.397 e. The molecule has 2 aromatic rings. The average molecular weight is 347 g/mol. The highest BCUT2D eigenvalue weighted by atomic mass is 16.2. The lowest BCUT2D eigenvalue weighted by atomic mass is 10.1. The molecule has 0 saturated carbocycles. The Morgan fingerprint density at radius 2 is 2.12 bits per heavy atom. The predicted molar refractivity (Wildman–Crippen MR) is 100 cm³/mol. The van der Waals surface area contributed by atoms with Gasteiger partial charge in [0.05, 0.1) is 23.5 Å². The minimum atomic E-state index is 0.0540. The molecule has 1 unspecified atom stereocenters. The molecule has 26 heavy (non-hydrogen) atoms. The van der Waals surface area contributed by atoms with Crippen LogP contribution in [-0.2, 0) is 11.2 Å². The topological polar surface area (TPSA) is 85.0 Å². The molecular weight excluding hydrogens is 326 g/mol. The van der Waals surface area contributed by atoms with E-state index in [-0.39, 0.29) is 18.2 Å². The van der Waals surface area contributed by atoms with Gasteiger partial charge in [0.1, 0.15) is 5.82 Å². The van der Waals surface area contributed by atoms with Crippen LogP contribution in [0.1, 0.15) is 36.0 Å². The summed E-state index contributed by atoms with van der Waals surface area (Å²) in [6.45, 7) is 1.37. The van der Waals surface area contributed by atoms with E-state index in [1.54, 1.807) is 18.5 Å². The summed E-state index contributed by atoms with van der Waals surface area (Å²) in [7, 11) is 0. The van der Waals surface area contributed by atoms with Crippen molar-refractivity contribution in [1.29, 1.82) is 0 Å². The summed E-state index contributed by atoms with van der Waals surface area (Å²) in [5.74, 6) is 1.06. The summed E-state index contributed by atoms with van der Waals surface area (Å²) >= 11 is 0. The lowest BCUT2D eigenvalue weighted by Gasteiger charge is -2.17. The van der Waals surface area contributed by atoms with Crippen LogP contribution in [0.4, 0.5) is 5.69 Å². The highest BCUT2D eigenvalue weighted by molar-refractivity contribution is 5.80. The maximum absolute atomic E-state index is 12.7. The molecule has 6 nitrogen and oxygen atoms in total. The van der Waals surface area contributed by atoms with Crippen LogP contribution >= 0.6 is 0 Å². The molecule has 4 rings (SSSR count). The molecule has 0 spiro atoms. The maximum atomic E-state index is 12.7. The van der Waals surface area contributed by atoms with Gasteiger partial charge in [0.25, 0.3) is 0 Å². The molecule has 0 bridgehead atoms. The number of carbonyl (C=O) groups excluding carboxylic acids is 1. The van der Waals surface area contributed by atoms with Crippen molar-refractivity contribution in [3.05, 3.63) is 66.0 Å². The number of aromatic nitrogens is 3. The summed E-state index contributed by atoms with van der Waals surface area (Å²) in [6.07, 6.45) is 11.6. The van der Waals surface area contributed by atoms with E-state index in [9.17, 15) is 4.79 Å². The Hall–Kier alpha value is -3.02. The zero-order valence-corrected chi connectivity index (χ0v) is 14.5. The van der Waals surface area contributed by atoms with E-state index in [4.69, 9.17) is 5.73 Å². The zero-order chi connectivity index (χ0) is 17.9. The fraction of sp³-hybridized carbons (Fsp3) is 0.300. The molecule has 0 aromatic carbocycles. The summed E-state index contributed by atoms with van der Waals surface area (Å²) in [5, 5.41) is 0. The van der Waals surface area contributed by atoms with Gasteiger partial charge in [-0.25, -0.2) is 9.97 Å². The smallest absolute Gasteiger partial charge is 0.228 e. The molecule has 2 N–H and O–H groups in total. The van der Waals surface area contributed by atoms with Gasteiger partial charge in [-0.1, -0.05) is 18.2 Å². The number of nitrogens with two attached hydrogens (primary N) is 1. The second-order valence-corrected chi connectivity index (χ2v) is 6.67. The third kappa shape index (κ3) is 3.35. The first-order valence-electron chi connectivity index (χ1n) is 8.87. The summed E-state index contributed by atoms with van der Waals surface area (Å²) in [5.41, 5.74) is 9.33. The van der Waals surface area contributed by atoms with Crippen molar-refractivity contribution in [2.75, 3.05) is 18.8 Å². The number of nitrogens with zero attached hydrogens (tertiary/aromatic N) is 4. The number of hydrogen-bond acceptors (Lipinski definition) is 5. The molecular formula is C20H21N5O. The van der Waals surface area contributed by atoms with E-state index in [0.717, 1.165) is 36.5 Å². The monoisotopic (exact) mass is 347 g/mol. The van der Waals surface area contributed by atoms with Crippen LogP contribution in [0, 0.1) is 0 Å². The first kappa shape index (κ1) is 16.4. The van der Waals surface area contributed by atoms with E-state index < -0.39 is 0 Å². The van der Waals surface area contributed by atoms with E-state index in [1.807, 2.05) is 23.1 Å². The summed E-state index contributed by atoms with van der Waals surface area (Å²) in [6, 6.07) is 5.56. The molecule has 1 fully saturated rings. The fourth-order valence-corrected chi connectivity index (χ4v) is 3.44. The lowest BCUT2D eigenvalue weighted by molar-refractivity contribution is -0.129. The van der Waals surface area contributed by atoms with Crippen LogP contribution in [0.5, 0.6) is 0 Å². The van der Waals surface area contributed by atoms with E-state index in [1.165, 1.54) is 0 Å². The second kappa shape index (κ2) is 7.07. The molecule has 0 radical (unpaired) electrons. The van der Waals surface area contributed by atoms with Crippen molar-refractivity contribution in [2.45, 2.75) is 25.2 Å². The van der Waals surface area contributed by atoms with Gasteiger partial charge in [0.15, 0.2) is 0 Å². The average Bonchev–Trinajstić information content (AvgIpc) is 3.36. The zero-order valence-electron chi connectivity index (χ0n) is 14.5. The Morgan fingerprint density at radius 1 is 1.27 bits per heavy atom. The van der Waals surface area contributed by atoms with Crippen LogP contribution in [-0.4, -0.2) is 38.8 Å². The van der Waals surface area contributed by atoms with Crippen LogP contribution in [0.25, 0.3) is 5.57 Å². The van der Waals surface area contributed by atoms with E-state index in [2.05, 4.69) is 27.1 Å². The Labute approximate surface area is 152 Å². The van der Waals surface area contributed by atoms with Gasteiger partial charge in [0, 0.05) is 31.4 Å². The lowest BCUT2D eigenvalue weighted by Crippen LogP contribution is -2.30. The normalized spacial score (nSPS) is 19.0. The van der Waals surface area contributed by atoms with Crippen LogP contribution in [0.15, 0.2) is 48.8 Å². The highest BCUT2D eigenvalue weighted by Gasteiger charge is 2.29. The molecule has 1 aliphatic carbocycles. The molecule has 6 heteroatoms. The molecule has 1 saturated heterocycles. The van der Waals surface area contributed by atoms with Gasteiger partial charge < -0.3 is 10.6 Å². The maximum Gasteiger partial charge on any atom is 0.228 e. The molecule has 1 atom stereocenters. The molecule has 2 aromatic heterocycles. The molecule has 2 aliphatic rings. The first-order chi connectivity index (χ1) is 12.7. The second-order valence-electron chi connectivity index (χ2n) is 6.67. The van der Waals surface area contributed by atoms with Gasteiger partial charge in [0.2, 0.25) is 5.91 Å². The number of likely N-dealkylation sites (tertiary alicyclic amines) is 1. The predicted octanol–water partition coefficient (Wildman–Crippen LogP) is 2.36. The number of anilines is 1. The van der Waals surface area contributed by atoms with Crippen molar-refractivity contribution >= 4 is 17.2 Å². The van der Waals surface area contributed by atoms with Gasteiger partial charge in [-0.15, -0.1) is 0 Å². The number of carbonyl (C=O) groups is 1. The quantitative estimate of drug-likeness (QED) is 0.918. The van der Waals surface area contributed by atoms with Gasteiger partial charge >= 0.3 is 0 Å². The molecule has 1 aliphatic heterocycles. The van der Waals surface area contributed by atoms with E-state index in [0.29, 0.717) is 17.9 Å². The van der Waals surface area contributed by atoms with Crippen molar-refractivity contribution < 1.29 is 4.79 Å². The standard InChI is InChI=1S/C20H21N5O/c21-16-6-7-17(14-4-1-2-5-14)24-18(16)12-19(26)25-11-8-15(13-25)20-22-9-3-10-23-20/h1-4,6-7,9-10,15H,5,8,11-13,21H2. The Kier molecular flexibility index (Phi) is 4.48. The Morgan fingerprint density at radius 3 is 2.88 bits per heavy atom. The Bertz CT molecular complexity index is 875. The number of nitrogen functional groups attached to an aromatic ring is 1. The van der Waals surface area contributed by atoms with E-state index >= 15 is 0 Å². The van der Waals surface area contributed by atoms with Gasteiger partial charge in [-0.3, -0.25) is 9.78 Å². The van der Waals surface area contributed by atoms with Crippen molar-refractivity contribution in [3.63, 3.8) is 0 Å². The molecule has 3 heterocycles. The van der Waals surface area contributed by atoms with Crippen molar-refractivity contribution in [2.24, 2.45) is 0 Å². The van der Waals surface area contributed by atoms with Gasteiger partial charge in [-0.05, 0) is 36.6 Å². The third-order valence-electron chi connectivity index (χ3n) is 4.92. The largest absolute Gasteiger partial charge is 0.397 e. The molecule has 132 valence electrons. The molecule has 1 amide bonds. The van der Waals surface area contributed by atoms with Crippen LogP contribution in [0.3, 0.4) is 0 Å². The SMILES string of the molecule is Nc1ccc(C2=CC=CC2)nc1CC(=O)N1CCC(c2ncccn2)C1. The highest BCUT2D eigenvalue weighted by Crippen LogP contribution is 2.26. The number of rotatable bonds is 4. The summed E-state index contributed by atoms with van der Waals surface area (Å²) < 4.78 is 0.